The van der Waals surface area contributed by atoms with Crippen molar-refractivity contribution in [3.8, 4) is 0 Å². The van der Waals surface area contributed by atoms with Crippen LogP contribution in [0.1, 0.15) is 41.7 Å². The molecule has 5 heteroatoms. The number of rotatable bonds is 4. The van der Waals surface area contributed by atoms with Gasteiger partial charge in [0.1, 0.15) is 11.3 Å². The first-order valence-corrected chi connectivity index (χ1v) is 8.40. The van der Waals surface area contributed by atoms with Crippen molar-refractivity contribution in [1.82, 2.24) is 14.5 Å². The van der Waals surface area contributed by atoms with Gasteiger partial charge in [-0.25, -0.2) is 9.97 Å². The van der Waals surface area contributed by atoms with Crippen LogP contribution in [0.5, 0.6) is 0 Å². The maximum Gasteiger partial charge on any atom is 0.160 e. The molecule has 3 heterocycles. The normalized spacial score (nSPS) is 14.5. The van der Waals surface area contributed by atoms with Crippen molar-refractivity contribution in [2.24, 2.45) is 0 Å². The fourth-order valence-corrected chi connectivity index (χ4v) is 3.59. The summed E-state index contributed by atoms with van der Waals surface area (Å²) in [6, 6.07) is 8.55. The van der Waals surface area contributed by atoms with Crippen LogP contribution in [0.4, 0.5) is 0 Å². The summed E-state index contributed by atoms with van der Waals surface area (Å²) in [7, 11) is 0. The number of imidazole rings is 1. The molecule has 0 bridgehead atoms. The Balaban J connectivity index is 2.09. The van der Waals surface area contributed by atoms with Gasteiger partial charge in [0.25, 0.3) is 0 Å². The molecule has 21 heavy (non-hydrogen) atoms. The summed E-state index contributed by atoms with van der Waals surface area (Å²) in [5.41, 5.74) is 2.85. The van der Waals surface area contributed by atoms with Gasteiger partial charge in [0.05, 0.1) is 5.38 Å². The first kappa shape index (κ1) is 14.5. The number of thiophene rings is 1. The molecule has 3 aromatic rings. The van der Waals surface area contributed by atoms with E-state index in [1.165, 1.54) is 4.88 Å². The van der Waals surface area contributed by atoms with Gasteiger partial charge in [0.15, 0.2) is 5.65 Å². The second-order valence-electron chi connectivity index (χ2n) is 5.38. The summed E-state index contributed by atoms with van der Waals surface area (Å²) < 4.78 is 2.19. The average molecular weight is 320 g/mol. The number of hydrogen-bond acceptors (Lipinski definition) is 3. The van der Waals surface area contributed by atoms with Crippen molar-refractivity contribution in [2.75, 3.05) is 0 Å². The van der Waals surface area contributed by atoms with Gasteiger partial charge in [-0.2, -0.15) is 0 Å². The van der Waals surface area contributed by atoms with Crippen molar-refractivity contribution >= 4 is 34.1 Å². The molecule has 0 spiro atoms. The van der Waals surface area contributed by atoms with E-state index < -0.39 is 0 Å². The fraction of sp³-hybridized carbons (Fsp3) is 0.375. The molecule has 0 N–H and O–H groups in total. The van der Waals surface area contributed by atoms with Gasteiger partial charge in [-0.05, 0) is 44.4 Å². The maximum atomic E-state index is 6.34. The van der Waals surface area contributed by atoms with E-state index in [0.29, 0.717) is 0 Å². The number of aryl methyl sites for hydroxylation is 1. The highest BCUT2D eigenvalue weighted by atomic mass is 35.5. The lowest BCUT2D eigenvalue weighted by Crippen LogP contribution is -2.12. The smallest absolute Gasteiger partial charge is 0.160 e. The zero-order chi connectivity index (χ0) is 15.0. The molecule has 3 aromatic heterocycles. The molecule has 0 aromatic carbocycles. The van der Waals surface area contributed by atoms with Crippen molar-refractivity contribution in [3.63, 3.8) is 0 Å². The van der Waals surface area contributed by atoms with Gasteiger partial charge in [0, 0.05) is 23.0 Å². The molecular weight excluding hydrogens is 302 g/mol. The Bertz CT molecular complexity index is 746. The summed E-state index contributed by atoms with van der Waals surface area (Å²) in [4.78, 5) is 10.7. The van der Waals surface area contributed by atoms with Crippen LogP contribution < -0.4 is 0 Å². The van der Waals surface area contributed by atoms with Crippen LogP contribution in [0.15, 0.2) is 29.6 Å². The number of hydrogen-bond donors (Lipinski definition) is 0. The van der Waals surface area contributed by atoms with Crippen LogP contribution in [-0.2, 0) is 6.42 Å². The lowest BCUT2D eigenvalue weighted by molar-refractivity contribution is 0.534. The highest BCUT2D eigenvalue weighted by molar-refractivity contribution is 7.09. The Labute approximate surface area is 133 Å². The second kappa shape index (κ2) is 5.78. The third kappa shape index (κ3) is 2.83. The molecule has 0 aliphatic carbocycles. The number of aromatic nitrogens is 3. The van der Waals surface area contributed by atoms with Crippen molar-refractivity contribution in [3.05, 3.63) is 46.0 Å². The summed E-state index contributed by atoms with van der Waals surface area (Å²) >= 11 is 8.12. The third-order valence-electron chi connectivity index (χ3n) is 3.58. The molecule has 0 radical (unpaired) electrons. The molecule has 0 saturated heterocycles. The van der Waals surface area contributed by atoms with E-state index >= 15 is 0 Å². The Morgan fingerprint density at radius 1 is 1.24 bits per heavy atom. The number of fused-ring (bicyclic) bond motifs is 1. The molecule has 0 amide bonds. The zero-order valence-electron chi connectivity index (χ0n) is 12.4. The molecular formula is C16H18ClN3S. The summed E-state index contributed by atoms with van der Waals surface area (Å²) in [5, 5.41) is 1.98. The van der Waals surface area contributed by atoms with Crippen LogP contribution in [0, 0.1) is 6.92 Å². The van der Waals surface area contributed by atoms with Gasteiger partial charge in [-0.1, -0.05) is 6.07 Å². The van der Waals surface area contributed by atoms with Gasteiger partial charge >= 0.3 is 0 Å². The number of pyridine rings is 1. The molecule has 0 aliphatic heterocycles. The molecule has 2 unspecified atom stereocenters. The predicted molar refractivity (Wildman–Crippen MR) is 89.3 cm³/mol. The Hall–Kier alpha value is -1.39. The van der Waals surface area contributed by atoms with Crippen LogP contribution in [0.3, 0.4) is 0 Å². The minimum Gasteiger partial charge on any atom is -0.308 e. The van der Waals surface area contributed by atoms with E-state index in [1.807, 2.05) is 26.0 Å². The van der Waals surface area contributed by atoms with E-state index in [0.717, 1.165) is 29.1 Å². The van der Waals surface area contributed by atoms with E-state index in [2.05, 4.69) is 39.0 Å². The Kier molecular flexibility index (Phi) is 4.00. The van der Waals surface area contributed by atoms with Gasteiger partial charge in [-0.3, -0.25) is 0 Å². The van der Waals surface area contributed by atoms with Crippen LogP contribution >= 0.6 is 22.9 Å². The SMILES string of the molecule is Cc1ccc2nc(C(C)Cl)n(C(C)Cc3cccs3)c2n1. The largest absolute Gasteiger partial charge is 0.308 e. The topological polar surface area (TPSA) is 30.7 Å². The number of nitrogens with zero attached hydrogens (tertiary/aromatic N) is 3. The first-order chi connectivity index (χ1) is 10.1. The summed E-state index contributed by atoms with van der Waals surface area (Å²) in [6.07, 6.45) is 0.968. The molecule has 0 aliphatic rings. The van der Waals surface area contributed by atoms with Gasteiger partial charge < -0.3 is 4.57 Å². The summed E-state index contributed by atoms with van der Waals surface area (Å²) in [5.74, 6) is 0.897. The summed E-state index contributed by atoms with van der Waals surface area (Å²) in [6.45, 7) is 6.17. The van der Waals surface area contributed by atoms with E-state index in [9.17, 15) is 0 Å². The van der Waals surface area contributed by atoms with Crippen molar-refractivity contribution in [2.45, 2.75) is 38.6 Å². The lowest BCUT2D eigenvalue weighted by atomic mass is 10.2. The molecule has 0 fully saturated rings. The van der Waals surface area contributed by atoms with Crippen molar-refractivity contribution < 1.29 is 0 Å². The highest BCUT2D eigenvalue weighted by Crippen LogP contribution is 2.29. The second-order valence-corrected chi connectivity index (χ2v) is 7.07. The number of halogens is 1. The Morgan fingerprint density at radius 2 is 2.05 bits per heavy atom. The van der Waals surface area contributed by atoms with E-state index in [4.69, 9.17) is 11.6 Å². The molecule has 0 saturated carbocycles. The fourth-order valence-electron chi connectivity index (χ4n) is 2.61. The molecule has 110 valence electrons. The predicted octanol–water partition coefficient (Wildman–Crippen LogP) is 4.90. The van der Waals surface area contributed by atoms with Gasteiger partial charge in [-0.15, -0.1) is 22.9 Å². The zero-order valence-corrected chi connectivity index (χ0v) is 13.9. The van der Waals surface area contributed by atoms with Crippen molar-refractivity contribution in [1.29, 1.82) is 0 Å². The molecule has 3 nitrogen and oxygen atoms in total. The van der Waals surface area contributed by atoms with Crippen LogP contribution in [0.2, 0.25) is 0 Å². The van der Waals surface area contributed by atoms with E-state index in [1.54, 1.807) is 11.3 Å². The minimum absolute atomic E-state index is 0.134. The molecule has 2 atom stereocenters. The quantitative estimate of drug-likeness (QED) is 0.640. The standard InChI is InChI=1S/C16H18ClN3S/c1-10-6-7-14-16(18-10)20(15(19-14)12(3)17)11(2)9-13-5-4-8-21-13/h4-8,11-12H,9H2,1-3H3. The molecule has 3 rings (SSSR count). The highest BCUT2D eigenvalue weighted by Gasteiger charge is 2.20. The maximum absolute atomic E-state index is 6.34. The monoisotopic (exact) mass is 319 g/mol. The Morgan fingerprint density at radius 3 is 2.71 bits per heavy atom. The van der Waals surface area contributed by atoms with E-state index in [-0.39, 0.29) is 11.4 Å². The number of alkyl halides is 1. The van der Waals surface area contributed by atoms with Crippen LogP contribution in [-0.4, -0.2) is 14.5 Å². The van der Waals surface area contributed by atoms with Crippen LogP contribution in [0.25, 0.3) is 11.2 Å². The lowest BCUT2D eigenvalue weighted by Gasteiger charge is -2.17. The minimum atomic E-state index is -0.134. The first-order valence-electron chi connectivity index (χ1n) is 7.08. The average Bonchev–Trinajstić information content (AvgIpc) is 3.04. The third-order valence-corrected chi connectivity index (χ3v) is 4.67. The van der Waals surface area contributed by atoms with Gasteiger partial charge in [0.2, 0.25) is 0 Å².